The molecule has 3 rings (SSSR count). The maximum absolute atomic E-state index is 12.3. The molecule has 0 radical (unpaired) electrons. The largest absolute Gasteiger partial charge is 0.497 e. The van der Waals surface area contributed by atoms with Crippen LogP contribution in [0.1, 0.15) is 21.6 Å². The minimum absolute atomic E-state index is 0.121. The van der Waals surface area contributed by atoms with Crippen molar-refractivity contribution in [2.45, 2.75) is 13.1 Å². The summed E-state index contributed by atoms with van der Waals surface area (Å²) in [7, 11) is 1.61. The molecule has 0 fully saturated rings. The van der Waals surface area contributed by atoms with Gasteiger partial charge in [-0.15, -0.1) is 5.10 Å². The molecule has 8 heteroatoms. The summed E-state index contributed by atoms with van der Waals surface area (Å²) in [4.78, 5) is 12.3. The second-order valence-electron chi connectivity index (χ2n) is 5.64. The van der Waals surface area contributed by atoms with Gasteiger partial charge in [0.1, 0.15) is 5.75 Å². The zero-order valence-corrected chi connectivity index (χ0v) is 15.7. The van der Waals surface area contributed by atoms with Crippen LogP contribution in [0.25, 0.3) is 0 Å². The number of carbonyl (C=O) groups excluding carboxylic acids is 1. The van der Waals surface area contributed by atoms with E-state index in [1.54, 1.807) is 7.11 Å². The number of carbonyl (C=O) groups is 1. The third-order valence-electron chi connectivity index (χ3n) is 3.85. The first kappa shape index (κ1) is 17.9. The number of halogens is 1. The fourth-order valence-corrected chi connectivity index (χ4v) is 2.64. The van der Waals surface area contributed by atoms with Gasteiger partial charge in [0.15, 0.2) is 11.5 Å². The number of hydrogen-bond donors (Lipinski definition) is 2. The molecule has 0 spiro atoms. The first-order valence-electron chi connectivity index (χ1n) is 7.91. The van der Waals surface area contributed by atoms with Crippen molar-refractivity contribution in [2.75, 3.05) is 12.8 Å². The lowest BCUT2D eigenvalue weighted by atomic mass is 10.2. The van der Waals surface area contributed by atoms with Crippen molar-refractivity contribution in [3.05, 3.63) is 69.8 Å². The van der Waals surface area contributed by atoms with Crippen molar-refractivity contribution in [3.63, 3.8) is 0 Å². The number of rotatable bonds is 6. The molecule has 1 amide bonds. The highest BCUT2D eigenvalue weighted by atomic mass is 79.9. The molecule has 0 aliphatic rings. The Morgan fingerprint density at radius 2 is 1.81 bits per heavy atom. The zero-order chi connectivity index (χ0) is 18.5. The number of hydrogen-bond acceptors (Lipinski definition) is 5. The molecular formula is C18H18BrN5O2. The Balaban J connectivity index is 1.64. The first-order valence-corrected chi connectivity index (χ1v) is 8.70. The van der Waals surface area contributed by atoms with Crippen LogP contribution in [0.2, 0.25) is 0 Å². The standard InChI is InChI=1S/C18H18BrN5O2/c1-26-15-8-4-12(5-9-15)10-21-18(25)16-17(20)24(23-22-16)11-13-2-6-14(19)7-3-13/h2-9H,10-11,20H2,1H3,(H,21,25). The van der Waals surface area contributed by atoms with Crippen molar-refractivity contribution < 1.29 is 9.53 Å². The topological polar surface area (TPSA) is 95.1 Å². The average Bonchev–Trinajstić information content (AvgIpc) is 3.02. The molecule has 3 N–H and O–H groups in total. The van der Waals surface area contributed by atoms with Crippen molar-refractivity contribution >= 4 is 27.7 Å². The second kappa shape index (κ2) is 8.01. The summed E-state index contributed by atoms with van der Waals surface area (Å²) < 4.78 is 7.61. The van der Waals surface area contributed by atoms with E-state index in [-0.39, 0.29) is 17.4 Å². The summed E-state index contributed by atoms with van der Waals surface area (Å²) in [6.45, 7) is 0.805. The average molecular weight is 416 g/mol. The molecule has 1 aromatic heterocycles. The first-order chi connectivity index (χ1) is 12.6. The van der Waals surface area contributed by atoms with Gasteiger partial charge in [-0.25, -0.2) is 4.68 Å². The Morgan fingerprint density at radius 1 is 1.15 bits per heavy atom. The quantitative estimate of drug-likeness (QED) is 0.644. The van der Waals surface area contributed by atoms with E-state index >= 15 is 0 Å². The maximum atomic E-state index is 12.3. The Labute approximate surface area is 159 Å². The van der Waals surface area contributed by atoms with Crippen LogP contribution in [0.5, 0.6) is 5.75 Å². The zero-order valence-electron chi connectivity index (χ0n) is 14.1. The summed E-state index contributed by atoms with van der Waals surface area (Å²) >= 11 is 3.39. The van der Waals surface area contributed by atoms with Crippen LogP contribution in [0, 0.1) is 0 Å². The number of nitrogens with zero attached hydrogens (tertiary/aromatic N) is 3. The minimum Gasteiger partial charge on any atom is -0.497 e. The van der Waals surface area contributed by atoms with Gasteiger partial charge >= 0.3 is 0 Å². The lowest BCUT2D eigenvalue weighted by molar-refractivity contribution is 0.0946. The van der Waals surface area contributed by atoms with E-state index in [9.17, 15) is 4.79 Å². The molecule has 0 bridgehead atoms. The normalized spacial score (nSPS) is 10.5. The van der Waals surface area contributed by atoms with Gasteiger partial charge in [0.2, 0.25) is 0 Å². The van der Waals surface area contributed by atoms with Crippen LogP contribution in [-0.2, 0) is 13.1 Å². The van der Waals surface area contributed by atoms with E-state index in [2.05, 4.69) is 31.6 Å². The molecule has 0 atom stereocenters. The number of amides is 1. The summed E-state index contributed by atoms with van der Waals surface area (Å²) in [6.07, 6.45) is 0. The predicted octanol–water partition coefficient (Wildman–Crippen LogP) is 2.61. The summed E-state index contributed by atoms with van der Waals surface area (Å²) in [5.41, 5.74) is 8.11. The molecule has 3 aromatic rings. The number of nitrogens with one attached hydrogen (secondary N) is 1. The molecule has 0 aliphatic heterocycles. The van der Waals surface area contributed by atoms with Gasteiger partial charge < -0.3 is 15.8 Å². The number of nitrogens with two attached hydrogens (primary N) is 1. The van der Waals surface area contributed by atoms with E-state index in [0.29, 0.717) is 13.1 Å². The van der Waals surface area contributed by atoms with Crippen molar-refractivity contribution in [1.82, 2.24) is 20.3 Å². The van der Waals surface area contributed by atoms with E-state index in [1.165, 1.54) is 4.68 Å². The molecule has 0 saturated heterocycles. The number of benzene rings is 2. The Bertz CT molecular complexity index is 891. The summed E-state index contributed by atoms with van der Waals surface area (Å²) in [5.74, 6) is 0.640. The number of anilines is 1. The van der Waals surface area contributed by atoms with Crippen LogP contribution in [0.15, 0.2) is 53.0 Å². The monoisotopic (exact) mass is 415 g/mol. The molecular weight excluding hydrogens is 398 g/mol. The summed E-state index contributed by atoms with van der Waals surface area (Å²) in [5, 5.41) is 10.7. The Morgan fingerprint density at radius 3 is 2.46 bits per heavy atom. The number of ether oxygens (including phenoxy) is 1. The van der Waals surface area contributed by atoms with Gasteiger partial charge in [0.25, 0.3) is 5.91 Å². The van der Waals surface area contributed by atoms with Gasteiger partial charge in [0.05, 0.1) is 13.7 Å². The Kier molecular flexibility index (Phi) is 5.52. The SMILES string of the molecule is COc1ccc(CNC(=O)c2nnn(Cc3ccc(Br)cc3)c2N)cc1. The summed E-state index contributed by atoms with van der Waals surface area (Å²) in [6, 6.07) is 15.2. The molecule has 26 heavy (non-hydrogen) atoms. The Hall–Kier alpha value is -2.87. The highest BCUT2D eigenvalue weighted by molar-refractivity contribution is 9.10. The fraction of sp³-hybridized carbons (Fsp3) is 0.167. The molecule has 0 saturated carbocycles. The van der Waals surface area contributed by atoms with Gasteiger partial charge in [-0.1, -0.05) is 45.4 Å². The number of methoxy groups -OCH3 is 1. The van der Waals surface area contributed by atoms with Gasteiger partial charge in [0, 0.05) is 11.0 Å². The fourth-order valence-electron chi connectivity index (χ4n) is 2.37. The second-order valence-corrected chi connectivity index (χ2v) is 6.55. The van der Waals surface area contributed by atoms with Crippen molar-refractivity contribution in [2.24, 2.45) is 0 Å². The smallest absolute Gasteiger partial charge is 0.275 e. The minimum atomic E-state index is -0.361. The van der Waals surface area contributed by atoms with Crippen LogP contribution in [-0.4, -0.2) is 28.0 Å². The van der Waals surface area contributed by atoms with E-state index < -0.39 is 0 Å². The lowest BCUT2D eigenvalue weighted by Crippen LogP contribution is -2.24. The van der Waals surface area contributed by atoms with E-state index in [0.717, 1.165) is 21.3 Å². The van der Waals surface area contributed by atoms with Gasteiger partial charge in [-0.3, -0.25) is 4.79 Å². The van der Waals surface area contributed by atoms with E-state index in [4.69, 9.17) is 10.5 Å². The van der Waals surface area contributed by atoms with Crippen molar-refractivity contribution in [3.8, 4) is 5.75 Å². The third-order valence-corrected chi connectivity index (χ3v) is 4.37. The molecule has 0 unspecified atom stereocenters. The molecule has 134 valence electrons. The van der Waals surface area contributed by atoms with Crippen LogP contribution < -0.4 is 15.8 Å². The number of nitrogen functional groups attached to an aromatic ring is 1. The van der Waals surface area contributed by atoms with Crippen LogP contribution >= 0.6 is 15.9 Å². The van der Waals surface area contributed by atoms with E-state index in [1.807, 2.05) is 48.5 Å². The van der Waals surface area contributed by atoms with Crippen LogP contribution in [0.3, 0.4) is 0 Å². The molecule has 1 heterocycles. The van der Waals surface area contributed by atoms with Gasteiger partial charge in [-0.2, -0.15) is 0 Å². The highest BCUT2D eigenvalue weighted by Crippen LogP contribution is 2.15. The molecule has 0 aliphatic carbocycles. The molecule has 2 aromatic carbocycles. The van der Waals surface area contributed by atoms with Crippen LogP contribution in [0.4, 0.5) is 5.82 Å². The number of aromatic nitrogens is 3. The lowest BCUT2D eigenvalue weighted by Gasteiger charge is -2.06. The molecule has 7 nitrogen and oxygen atoms in total. The predicted molar refractivity (Wildman–Crippen MR) is 102 cm³/mol. The van der Waals surface area contributed by atoms with Crippen molar-refractivity contribution in [1.29, 1.82) is 0 Å². The maximum Gasteiger partial charge on any atom is 0.275 e. The highest BCUT2D eigenvalue weighted by Gasteiger charge is 2.17. The third kappa shape index (κ3) is 4.20. The van der Waals surface area contributed by atoms with Gasteiger partial charge in [-0.05, 0) is 35.4 Å².